The number of hydrogen-bond donors (Lipinski definition) is 1. The van der Waals surface area contributed by atoms with E-state index in [4.69, 9.17) is 0 Å². The van der Waals surface area contributed by atoms with Gasteiger partial charge >= 0.3 is 0 Å². The number of rotatable bonds is 3. The molecule has 0 aliphatic carbocycles. The van der Waals surface area contributed by atoms with Crippen molar-refractivity contribution in [3.8, 4) is 0 Å². The fourth-order valence-corrected chi connectivity index (χ4v) is 2.55. The molecule has 0 radical (unpaired) electrons. The number of para-hydroxylation sites is 1. The summed E-state index contributed by atoms with van der Waals surface area (Å²) >= 11 is 0. The van der Waals surface area contributed by atoms with Crippen LogP contribution in [0, 0.1) is 5.82 Å². The van der Waals surface area contributed by atoms with Crippen LogP contribution in [0.2, 0.25) is 0 Å². The molecule has 120 valence electrons. The first kappa shape index (κ1) is 15.4. The van der Waals surface area contributed by atoms with Crippen molar-refractivity contribution in [2.45, 2.75) is 0 Å². The number of nitrogens with zero attached hydrogens (tertiary/aromatic N) is 3. The van der Waals surface area contributed by atoms with Crippen molar-refractivity contribution in [2.24, 2.45) is 0 Å². The number of hydrogen-bond acceptors (Lipinski definition) is 4. The van der Waals surface area contributed by atoms with Gasteiger partial charge in [-0.15, -0.1) is 0 Å². The lowest BCUT2D eigenvalue weighted by atomic mass is 10.2. The Hall–Kier alpha value is -2.47. The van der Waals surface area contributed by atoms with Gasteiger partial charge in [0.1, 0.15) is 11.5 Å². The van der Waals surface area contributed by atoms with E-state index in [2.05, 4.69) is 27.1 Å². The average Bonchev–Trinajstić information content (AvgIpc) is 2.58. The van der Waals surface area contributed by atoms with Gasteiger partial charge in [-0.1, -0.05) is 12.1 Å². The van der Waals surface area contributed by atoms with Gasteiger partial charge < -0.3 is 15.1 Å². The summed E-state index contributed by atoms with van der Waals surface area (Å²) in [6.45, 7) is 3.79. The van der Waals surface area contributed by atoms with E-state index in [1.54, 1.807) is 24.4 Å². The molecule has 0 bridgehead atoms. The molecule has 3 rings (SSSR count). The Labute approximate surface area is 134 Å². The minimum Gasteiger partial charge on any atom is -0.369 e. The Morgan fingerprint density at radius 1 is 1.17 bits per heavy atom. The van der Waals surface area contributed by atoms with Crippen LogP contribution in [-0.4, -0.2) is 49.0 Å². The van der Waals surface area contributed by atoms with Gasteiger partial charge in [0, 0.05) is 38.1 Å². The highest BCUT2D eigenvalue weighted by atomic mass is 19.1. The maximum Gasteiger partial charge on any atom is 0.274 e. The summed E-state index contributed by atoms with van der Waals surface area (Å²) in [5, 5.41) is 2.56. The van der Waals surface area contributed by atoms with Crippen LogP contribution in [0.25, 0.3) is 0 Å². The molecule has 1 aromatic carbocycles. The van der Waals surface area contributed by atoms with Crippen molar-refractivity contribution in [1.82, 2.24) is 9.88 Å². The quantitative estimate of drug-likeness (QED) is 0.944. The van der Waals surface area contributed by atoms with Crippen molar-refractivity contribution < 1.29 is 9.18 Å². The number of carbonyl (C=O) groups excluding carboxylic acids is 1. The van der Waals surface area contributed by atoms with E-state index < -0.39 is 11.7 Å². The zero-order chi connectivity index (χ0) is 16.2. The fourth-order valence-electron chi connectivity index (χ4n) is 2.55. The van der Waals surface area contributed by atoms with Crippen LogP contribution < -0.4 is 10.2 Å². The summed E-state index contributed by atoms with van der Waals surface area (Å²) in [6, 6.07) is 9.73. The first-order valence-corrected chi connectivity index (χ1v) is 7.59. The van der Waals surface area contributed by atoms with Crippen molar-refractivity contribution >= 4 is 17.3 Å². The highest BCUT2D eigenvalue weighted by Gasteiger charge is 2.16. The third-order valence-electron chi connectivity index (χ3n) is 3.97. The molecule has 2 heterocycles. The van der Waals surface area contributed by atoms with Crippen LogP contribution in [-0.2, 0) is 0 Å². The fraction of sp³-hybridized carbons (Fsp3) is 0.294. The van der Waals surface area contributed by atoms with E-state index in [0.29, 0.717) is 0 Å². The maximum absolute atomic E-state index is 13.6. The molecule has 0 spiro atoms. The van der Waals surface area contributed by atoms with Gasteiger partial charge in [0.25, 0.3) is 5.91 Å². The van der Waals surface area contributed by atoms with Gasteiger partial charge in [0.05, 0.1) is 5.69 Å². The largest absolute Gasteiger partial charge is 0.369 e. The van der Waals surface area contributed by atoms with E-state index in [1.807, 2.05) is 6.07 Å². The highest BCUT2D eigenvalue weighted by Crippen LogP contribution is 2.18. The van der Waals surface area contributed by atoms with Crippen LogP contribution in [0.4, 0.5) is 15.8 Å². The van der Waals surface area contributed by atoms with E-state index in [9.17, 15) is 9.18 Å². The molecule has 5 nitrogen and oxygen atoms in total. The zero-order valence-electron chi connectivity index (χ0n) is 13.0. The number of pyridine rings is 1. The molecule has 1 aliphatic heterocycles. The Morgan fingerprint density at radius 3 is 2.65 bits per heavy atom. The van der Waals surface area contributed by atoms with E-state index in [0.717, 1.165) is 31.9 Å². The summed E-state index contributed by atoms with van der Waals surface area (Å²) in [4.78, 5) is 20.9. The van der Waals surface area contributed by atoms with Gasteiger partial charge in [-0.25, -0.2) is 4.39 Å². The van der Waals surface area contributed by atoms with Crippen LogP contribution in [0.5, 0.6) is 0 Å². The Bertz CT molecular complexity index is 698. The molecule has 1 aliphatic rings. The van der Waals surface area contributed by atoms with Crippen molar-refractivity contribution in [2.75, 3.05) is 43.4 Å². The predicted octanol–water partition coefficient (Wildman–Crippen LogP) is 2.22. The minimum atomic E-state index is -0.462. The number of likely N-dealkylation sites (N-methyl/N-ethyl adjacent to an activating group) is 1. The Morgan fingerprint density at radius 2 is 1.91 bits per heavy atom. The van der Waals surface area contributed by atoms with Crippen molar-refractivity contribution in [3.63, 3.8) is 0 Å². The molecule has 2 aromatic rings. The van der Waals surface area contributed by atoms with E-state index in [-0.39, 0.29) is 11.4 Å². The summed E-state index contributed by atoms with van der Waals surface area (Å²) in [5.41, 5.74) is 1.40. The second-order valence-corrected chi connectivity index (χ2v) is 5.62. The van der Waals surface area contributed by atoms with Crippen LogP contribution in [0.1, 0.15) is 10.5 Å². The average molecular weight is 314 g/mol. The number of halogens is 1. The summed E-state index contributed by atoms with van der Waals surface area (Å²) in [7, 11) is 2.09. The topological polar surface area (TPSA) is 48.5 Å². The number of nitrogens with one attached hydrogen (secondary N) is 1. The lowest BCUT2D eigenvalue weighted by molar-refractivity contribution is 0.102. The van der Waals surface area contributed by atoms with Gasteiger partial charge in [-0.05, 0) is 31.3 Å². The number of benzene rings is 1. The summed E-state index contributed by atoms with van der Waals surface area (Å²) in [6.07, 6.45) is 1.61. The maximum atomic E-state index is 13.6. The monoisotopic (exact) mass is 314 g/mol. The highest BCUT2D eigenvalue weighted by molar-refractivity contribution is 6.03. The SMILES string of the molecule is CN1CCN(c2ccnc(C(=O)Nc3ccccc3F)c2)CC1. The molecule has 6 heteroatoms. The minimum absolute atomic E-state index is 0.157. The molecule has 1 fully saturated rings. The van der Waals surface area contributed by atoms with Crippen molar-refractivity contribution in [3.05, 3.63) is 54.1 Å². The first-order valence-electron chi connectivity index (χ1n) is 7.59. The predicted molar refractivity (Wildman–Crippen MR) is 88.3 cm³/mol. The third-order valence-corrected chi connectivity index (χ3v) is 3.97. The molecule has 0 saturated carbocycles. The van der Waals surface area contributed by atoms with Crippen molar-refractivity contribution in [1.29, 1.82) is 0 Å². The lowest BCUT2D eigenvalue weighted by Crippen LogP contribution is -2.44. The summed E-state index contributed by atoms with van der Waals surface area (Å²) in [5.74, 6) is -0.873. The second-order valence-electron chi connectivity index (χ2n) is 5.62. The smallest absolute Gasteiger partial charge is 0.274 e. The third kappa shape index (κ3) is 3.65. The normalized spacial score (nSPS) is 15.5. The number of amides is 1. The molecule has 23 heavy (non-hydrogen) atoms. The molecule has 0 atom stereocenters. The number of piperazine rings is 1. The van der Waals surface area contributed by atoms with Crippen LogP contribution in [0.15, 0.2) is 42.6 Å². The molecular weight excluding hydrogens is 295 g/mol. The second kappa shape index (κ2) is 6.75. The van der Waals surface area contributed by atoms with E-state index >= 15 is 0 Å². The molecule has 1 aromatic heterocycles. The molecule has 0 unspecified atom stereocenters. The van der Waals surface area contributed by atoms with Gasteiger partial charge in [-0.3, -0.25) is 9.78 Å². The van der Waals surface area contributed by atoms with Gasteiger partial charge in [-0.2, -0.15) is 0 Å². The number of aromatic nitrogens is 1. The molecule has 1 saturated heterocycles. The van der Waals surface area contributed by atoms with Gasteiger partial charge in [0.2, 0.25) is 0 Å². The Kier molecular flexibility index (Phi) is 4.52. The summed E-state index contributed by atoms with van der Waals surface area (Å²) < 4.78 is 13.6. The first-order chi connectivity index (χ1) is 11.1. The van der Waals surface area contributed by atoms with Crippen LogP contribution >= 0.6 is 0 Å². The van der Waals surface area contributed by atoms with Gasteiger partial charge in [0.15, 0.2) is 0 Å². The molecule has 1 amide bonds. The van der Waals surface area contributed by atoms with Crippen LogP contribution in [0.3, 0.4) is 0 Å². The molecular formula is C17H19FN4O. The lowest BCUT2D eigenvalue weighted by Gasteiger charge is -2.34. The standard InChI is InChI=1S/C17H19FN4O/c1-21-8-10-22(11-9-21)13-6-7-19-16(12-13)17(23)20-15-5-3-2-4-14(15)18/h2-7,12H,8-11H2,1H3,(H,20,23). The van der Waals surface area contributed by atoms with E-state index in [1.165, 1.54) is 12.1 Å². The molecule has 1 N–H and O–H groups in total. The Balaban J connectivity index is 1.74. The zero-order valence-corrected chi connectivity index (χ0v) is 13.0. The number of anilines is 2. The number of carbonyl (C=O) groups is 1.